The van der Waals surface area contributed by atoms with Crippen molar-refractivity contribution in [3.63, 3.8) is 0 Å². The van der Waals surface area contributed by atoms with E-state index >= 15 is 13.2 Å². The van der Waals surface area contributed by atoms with Crippen LogP contribution in [0.2, 0.25) is 0 Å². The Hall–Kier alpha value is -4.46. The fourth-order valence-corrected chi connectivity index (χ4v) is 4.76. The molecule has 0 aliphatic carbocycles. The maximum Gasteiger partial charge on any atom is 0.397 e. The van der Waals surface area contributed by atoms with Crippen LogP contribution >= 0.6 is 0 Å². The third-order valence-corrected chi connectivity index (χ3v) is 6.96. The van der Waals surface area contributed by atoms with E-state index in [-0.39, 0.29) is 17.0 Å². The van der Waals surface area contributed by atoms with Crippen LogP contribution in [0.3, 0.4) is 0 Å². The molecule has 0 spiro atoms. The van der Waals surface area contributed by atoms with E-state index in [1.54, 1.807) is 106 Å². The van der Waals surface area contributed by atoms with Crippen LogP contribution in [-0.4, -0.2) is 40.4 Å². The number of esters is 1. The molecular formula is C34H32F3NO4. The number of aromatic hydroxyl groups is 1. The minimum atomic E-state index is -5.04. The fourth-order valence-electron chi connectivity index (χ4n) is 4.76. The number of rotatable bonds is 8. The summed E-state index contributed by atoms with van der Waals surface area (Å²) >= 11 is 0. The standard InChI is InChI=1S/C34H32F3NO4/c1-32(2,3)42-31(41)30(38-29(22-13-7-5-8-14-22)23-15-9-6-10-16-23)33(4,34(35,36)37)21-28(40)26-19-20-27(39)25-18-12-11-17-24(25)26/h5-20,30,39H,21H2,1-4H3/t30?,33-/m0/s1. The SMILES string of the molecule is CC(C)(C)OC(=O)C(N=C(c1ccccc1)c1ccccc1)[C@](C)(CC(=O)c1ccc(O)c2ccccc12)C(F)(F)F. The minimum absolute atomic E-state index is 0.00265. The summed E-state index contributed by atoms with van der Waals surface area (Å²) in [6.07, 6.45) is -6.13. The van der Waals surface area contributed by atoms with Crippen molar-refractivity contribution in [1.82, 2.24) is 0 Å². The van der Waals surface area contributed by atoms with Crippen molar-refractivity contribution in [3.8, 4) is 5.75 Å². The zero-order valence-electron chi connectivity index (χ0n) is 23.8. The molecule has 0 aliphatic heterocycles. The molecule has 0 fully saturated rings. The molecular weight excluding hydrogens is 543 g/mol. The van der Waals surface area contributed by atoms with Crippen LogP contribution in [0.15, 0.2) is 102 Å². The number of ketones is 1. The number of ether oxygens (including phenoxy) is 1. The summed E-state index contributed by atoms with van der Waals surface area (Å²) < 4.78 is 51.1. The van der Waals surface area contributed by atoms with Gasteiger partial charge in [-0.05, 0) is 45.2 Å². The molecule has 1 N–H and O–H groups in total. The number of phenolic OH excluding ortho intramolecular Hbond substituents is 1. The van der Waals surface area contributed by atoms with Crippen molar-refractivity contribution in [1.29, 1.82) is 0 Å². The smallest absolute Gasteiger partial charge is 0.397 e. The zero-order chi connectivity index (χ0) is 30.7. The molecule has 0 saturated carbocycles. The Bertz CT molecular complexity index is 1570. The summed E-state index contributed by atoms with van der Waals surface area (Å²) in [7, 11) is 0. The monoisotopic (exact) mass is 575 g/mol. The first-order valence-corrected chi connectivity index (χ1v) is 13.4. The molecule has 8 heteroatoms. The lowest BCUT2D eigenvalue weighted by atomic mass is 9.75. The van der Waals surface area contributed by atoms with Gasteiger partial charge in [-0.1, -0.05) is 84.9 Å². The molecule has 1 unspecified atom stereocenters. The van der Waals surface area contributed by atoms with Crippen molar-refractivity contribution in [2.45, 2.75) is 51.9 Å². The van der Waals surface area contributed by atoms with Gasteiger partial charge in [-0.15, -0.1) is 0 Å². The summed E-state index contributed by atoms with van der Waals surface area (Å²) in [5.74, 6) is -2.15. The van der Waals surface area contributed by atoms with Crippen LogP contribution in [0, 0.1) is 5.41 Å². The van der Waals surface area contributed by atoms with E-state index in [9.17, 15) is 14.7 Å². The maximum absolute atomic E-state index is 15.2. The van der Waals surface area contributed by atoms with Gasteiger partial charge in [0.15, 0.2) is 11.8 Å². The second kappa shape index (κ2) is 11.8. The lowest BCUT2D eigenvalue weighted by molar-refractivity contribution is -0.229. The van der Waals surface area contributed by atoms with Gasteiger partial charge in [0.2, 0.25) is 0 Å². The normalized spacial score (nSPS) is 14.1. The number of benzene rings is 4. The molecule has 4 rings (SSSR count). The highest BCUT2D eigenvalue weighted by Crippen LogP contribution is 2.47. The number of carbonyl (C=O) groups is 2. The van der Waals surface area contributed by atoms with Crippen LogP contribution in [0.1, 0.15) is 55.6 Å². The average molecular weight is 576 g/mol. The van der Waals surface area contributed by atoms with E-state index in [0.717, 1.165) is 6.92 Å². The molecule has 42 heavy (non-hydrogen) atoms. The number of nitrogens with zero attached hydrogens (tertiary/aromatic N) is 1. The Morgan fingerprint density at radius 1 is 0.762 bits per heavy atom. The molecule has 0 aromatic heterocycles. The third kappa shape index (κ3) is 6.54. The van der Waals surface area contributed by atoms with E-state index in [1.165, 1.54) is 12.1 Å². The predicted octanol–water partition coefficient (Wildman–Crippen LogP) is 7.93. The molecule has 0 radical (unpaired) electrons. The number of carbonyl (C=O) groups excluding carboxylic acids is 2. The van der Waals surface area contributed by atoms with Gasteiger partial charge in [-0.25, -0.2) is 4.79 Å². The van der Waals surface area contributed by atoms with Gasteiger partial charge >= 0.3 is 12.1 Å². The Balaban J connectivity index is 1.92. The molecule has 2 atom stereocenters. The van der Waals surface area contributed by atoms with Gasteiger partial charge < -0.3 is 9.84 Å². The van der Waals surface area contributed by atoms with Gasteiger partial charge in [0.05, 0.1) is 5.71 Å². The number of aliphatic imine (C=N–C) groups is 1. The number of Topliss-reactive ketones (excluding diaryl/α,β-unsaturated/α-hetero) is 1. The Morgan fingerprint density at radius 2 is 1.26 bits per heavy atom. The number of hydrogen-bond acceptors (Lipinski definition) is 5. The van der Waals surface area contributed by atoms with Crippen LogP contribution in [0.4, 0.5) is 13.2 Å². The first-order valence-electron chi connectivity index (χ1n) is 13.4. The van der Waals surface area contributed by atoms with Gasteiger partial charge in [0.25, 0.3) is 0 Å². The highest BCUT2D eigenvalue weighted by molar-refractivity contribution is 6.14. The molecule has 0 heterocycles. The molecule has 4 aromatic rings. The Kier molecular flexibility index (Phi) is 8.57. The van der Waals surface area contributed by atoms with E-state index in [1.807, 2.05) is 0 Å². The number of hydrogen-bond donors (Lipinski definition) is 1. The van der Waals surface area contributed by atoms with Crippen molar-refractivity contribution >= 4 is 28.2 Å². The highest BCUT2D eigenvalue weighted by atomic mass is 19.4. The van der Waals surface area contributed by atoms with Crippen molar-refractivity contribution in [2.24, 2.45) is 10.4 Å². The summed E-state index contributed by atoms with van der Waals surface area (Å²) in [6.45, 7) is 5.50. The molecule has 0 amide bonds. The van der Waals surface area contributed by atoms with Crippen molar-refractivity contribution in [3.05, 3.63) is 114 Å². The molecule has 0 bridgehead atoms. The highest BCUT2D eigenvalue weighted by Gasteiger charge is 2.60. The third-order valence-electron chi connectivity index (χ3n) is 6.96. The van der Waals surface area contributed by atoms with Gasteiger partial charge in [0, 0.05) is 28.5 Å². The number of phenols is 1. The zero-order valence-corrected chi connectivity index (χ0v) is 23.8. The first-order chi connectivity index (χ1) is 19.7. The van der Waals surface area contributed by atoms with Crippen LogP contribution in [0.5, 0.6) is 5.75 Å². The number of halogens is 3. The summed E-state index contributed by atoms with van der Waals surface area (Å²) in [6, 6.07) is 24.0. The van der Waals surface area contributed by atoms with Gasteiger partial charge in [-0.2, -0.15) is 13.2 Å². The Labute approximate surface area is 242 Å². The minimum Gasteiger partial charge on any atom is -0.507 e. The van der Waals surface area contributed by atoms with Crippen LogP contribution < -0.4 is 0 Å². The van der Waals surface area contributed by atoms with Crippen LogP contribution in [-0.2, 0) is 9.53 Å². The lowest BCUT2D eigenvalue weighted by Crippen LogP contribution is -2.51. The van der Waals surface area contributed by atoms with Gasteiger partial charge in [0.1, 0.15) is 16.8 Å². The van der Waals surface area contributed by atoms with Gasteiger partial charge in [-0.3, -0.25) is 9.79 Å². The molecule has 4 aromatic carbocycles. The number of alkyl halides is 3. The first kappa shape index (κ1) is 30.5. The van der Waals surface area contributed by atoms with Crippen molar-refractivity contribution < 1.29 is 32.6 Å². The Morgan fingerprint density at radius 3 is 1.76 bits per heavy atom. The number of fused-ring (bicyclic) bond motifs is 1. The molecule has 0 aliphatic rings. The second-order valence-electron chi connectivity index (χ2n) is 11.3. The average Bonchev–Trinajstić information content (AvgIpc) is 2.93. The predicted molar refractivity (Wildman–Crippen MR) is 157 cm³/mol. The summed E-state index contributed by atoms with van der Waals surface area (Å²) in [5, 5.41) is 10.9. The summed E-state index contributed by atoms with van der Waals surface area (Å²) in [5.41, 5.74) is -2.92. The second-order valence-corrected chi connectivity index (χ2v) is 11.3. The van der Waals surface area contributed by atoms with Crippen molar-refractivity contribution in [2.75, 3.05) is 0 Å². The fraction of sp³-hybridized carbons (Fsp3) is 0.265. The molecule has 5 nitrogen and oxygen atoms in total. The quantitative estimate of drug-likeness (QED) is 0.132. The van der Waals surface area contributed by atoms with Crippen LogP contribution in [0.25, 0.3) is 10.8 Å². The maximum atomic E-state index is 15.2. The van der Waals surface area contributed by atoms with E-state index in [0.29, 0.717) is 21.9 Å². The molecule has 0 saturated heterocycles. The lowest BCUT2D eigenvalue weighted by Gasteiger charge is -2.37. The topological polar surface area (TPSA) is 76.0 Å². The molecule has 218 valence electrons. The van der Waals surface area contributed by atoms with E-state index in [4.69, 9.17) is 4.74 Å². The largest absolute Gasteiger partial charge is 0.507 e. The van der Waals surface area contributed by atoms with E-state index in [2.05, 4.69) is 4.99 Å². The summed E-state index contributed by atoms with van der Waals surface area (Å²) in [4.78, 5) is 31.8. The van der Waals surface area contributed by atoms with E-state index < -0.39 is 41.4 Å².